The quantitative estimate of drug-likeness (QED) is 0.295. The Labute approximate surface area is 154 Å². The molecule has 0 amide bonds. The van der Waals surface area contributed by atoms with Crippen LogP contribution in [0.2, 0.25) is 5.15 Å². The number of halogens is 2. The lowest BCUT2D eigenvalue weighted by molar-refractivity contribution is 0.794. The fourth-order valence-corrected chi connectivity index (χ4v) is 1.85. The Bertz CT molecular complexity index is 414. The van der Waals surface area contributed by atoms with Gasteiger partial charge < -0.3 is 10.6 Å². The molecular weight excluding hydrogens is 419 g/mol. The predicted molar refractivity (Wildman–Crippen MR) is 105 cm³/mol. The van der Waals surface area contributed by atoms with Gasteiger partial charge >= 0.3 is 0 Å². The molecule has 120 valence electrons. The summed E-state index contributed by atoms with van der Waals surface area (Å²) in [7, 11) is 0. The first kappa shape index (κ1) is 20.8. The van der Waals surface area contributed by atoms with E-state index in [-0.39, 0.29) is 24.0 Å². The normalized spacial score (nSPS) is 12.5. The third-order valence-corrected chi connectivity index (χ3v) is 3.93. The molecule has 0 aromatic carbocycles. The van der Waals surface area contributed by atoms with E-state index >= 15 is 0 Å². The van der Waals surface area contributed by atoms with Gasteiger partial charge in [0, 0.05) is 24.5 Å². The number of aliphatic imine (C=N–C) groups is 1. The molecule has 0 spiro atoms. The number of nitrogens with zero attached hydrogens (tertiary/aromatic N) is 2. The third-order valence-electron chi connectivity index (χ3n) is 2.75. The van der Waals surface area contributed by atoms with Crippen LogP contribution in [0.5, 0.6) is 0 Å². The molecule has 1 aromatic heterocycles. The second-order valence-corrected chi connectivity index (χ2v) is 6.10. The van der Waals surface area contributed by atoms with E-state index in [4.69, 9.17) is 11.6 Å². The van der Waals surface area contributed by atoms with Crippen molar-refractivity contribution in [3.05, 3.63) is 29.0 Å². The highest BCUT2D eigenvalue weighted by Gasteiger charge is 2.01. The van der Waals surface area contributed by atoms with Crippen LogP contribution in [0, 0.1) is 0 Å². The molecule has 21 heavy (non-hydrogen) atoms. The fraction of sp³-hybridized carbons (Fsp3) is 0.571. The molecule has 2 N–H and O–H groups in total. The Hall–Kier alpha value is -0.210. The summed E-state index contributed by atoms with van der Waals surface area (Å²) in [4.78, 5) is 8.64. The molecule has 0 radical (unpaired) electrons. The van der Waals surface area contributed by atoms with E-state index < -0.39 is 0 Å². The zero-order chi connectivity index (χ0) is 14.8. The highest BCUT2D eigenvalue weighted by molar-refractivity contribution is 14.0. The van der Waals surface area contributed by atoms with Crippen LogP contribution in [0.15, 0.2) is 23.3 Å². The molecule has 0 aliphatic heterocycles. The molecule has 4 nitrogen and oxygen atoms in total. The van der Waals surface area contributed by atoms with Gasteiger partial charge in [0.1, 0.15) is 5.15 Å². The van der Waals surface area contributed by atoms with Gasteiger partial charge in [0.25, 0.3) is 0 Å². The van der Waals surface area contributed by atoms with Crippen molar-refractivity contribution in [2.75, 3.05) is 25.9 Å². The topological polar surface area (TPSA) is 49.3 Å². The van der Waals surface area contributed by atoms with E-state index in [1.807, 2.05) is 30.1 Å². The highest BCUT2D eigenvalue weighted by Crippen LogP contribution is 2.05. The SMILES string of the molecule is CCNC(=NCC(C)SC)NCCc1ccc(Cl)nc1.I. The van der Waals surface area contributed by atoms with Gasteiger partial charge in [-0.1, -0.05) is 24.6 Å². The fourth-order valence-electron chi connectivity index (χ4n) is 1.52. The second kappa shape index (κ2) is 12.3. The number of hydrogen-bond donors (Lipinski definition) is 2. The molecular formula is C14H24ClIN4S. The van der Waals surface area contributed by atoms with E-state index in [0.29, 0.717) is 10.4 Å². The molecule has 1 unspecified atom stereocenters. The summed E-state index contributed by atoms with van der Waals surface area (Å²) in [5.74, 6) is 0.871. The number of nitrogens with one attached hydrogen (secondary N) is 2. The van der Waals surface area contributed by atoms with Crippen molar-refractivity contribution in [1.29, 1.82) is 0 Å². The van der Waals surface area contributed by atoms with Gasteiger partial charge in [-0.15, -0.1) is 24.0 Å². The van der Waals surface area contributed by atoms with E-state index in [1.54, 1.807) is 0 Å². The highest BCUT2D eigenvalue weighted by atomic mass is 127. The van der Waals surface area contributed by atoms with Crippen LogP contribution < -0.4 is 10.6 Å². The molecule has 1 aromatic rings. The standard InChI is InChI=1S/C14H23ClN4S.HI/c1-4-16-14(19-9-11(2)20-3)17-8-7-12-5-6-13(15)18-10-12;/h5-6,10-11H,4,7-9H2,1-3H3,(H2,16,17,19);1H. The summed E-state index contributed by atoms with van der Waals surface area (Å²) in [6.07, 6.45) is 4.81. The smallest absolute Gasteiger partial charge is 0.191 e. The van der Waals surface area contributed by atoms with Gasteiger partial charge in [-0.2, -0.15) is 11.8 Å². The lowest BCUT2D eigenvalue weighted by Crippen LogP contribution is -2.38. The van der Waals surface area contributed by atoms with Crippen molar-refractivity contribution >= 4 is 53.3 Å². The number of rotatable bonds is 7. The van der Waals surface area contributed by atoms with E-state index in [9.17, 15) is 0 Å². The Morgan fingerprint density at radius 2 is 2.19 bits per heavy atom. The van der Waals surface area contributed by atoms with Crippen molar-refractivity contribution in [2.45, 2.75) is 25.5 Å². The minimum atomic E-state index is 0. The van der Waals surface area contributed by atoms with E-state index in [1.165, 1.54) is 0 Å². The molecule has 1 rings (SSSR count). The van der Waals surface area contributed by atoms with Gasteiger partial charge in [0.15, 0.2) is 5.96 Å². The number of guanidine groups is 1. The summed E-state index contributed by atoms with van der Waals surface area (Å²) in [5.41, 5.74) is 1.16. The molecule has 0 saturated heterocycles. The lowest BCUT2D eigenvalue weighted by atomic mass is 10.2. The summed E-state index contributed by atoms with van der Waals surface area (Å²) in [6.45, 7) is 6.75. The molecule has 0 aliphatic rings. The van der Waals surface area contributed by atoms with Crippen molar-refractivity contribution in [3.63, 3.8) is 0 Å². The van der Waals surface area contributed by atoms with Crippen LogP contribution in [0.3, 0.4) is 0 Å². The Morgan fingerprint density at radius 3 is 2.76 bits per heavy atom. The zero-order valence-electron chi connectivity index (χ0n) is 12.7. The van der Waals surface area contributed by atoms with Gasteiger partial charge in [-0.05, 0) is 31.2 Å². The molecule has 1 heterocycles. The lowest BCUT2D eigenvalue weighted by Gasteiger charge is -2.12. The average Bonchev–Trinajstić information content (AvgIpc) is 2.46. The summed E-state index contributed by atoms with van der Waals surface area (Å²) in [5, 5.41) is 7.65. The largest absolute Gasteiger partial charge is 0.357 e. The molecule has 1 atom stereocenters. The summed E-state index contributed by atoms with van der Waals surface area (Å²) in [6, 6.07) is 3.81. The first-order valence-corrected chi connectivity index (χ1v) is 8.47. The minimum Gasteiger partial charge on any atom is -0.357 e. The Morgan fingerprint density at radius 1 is 1.43 bits per heavy atom. The molecule has 0 bridgehead atoms. The number of aromatic nitrogens is 1. The van der Waals surface area contributed by atoms with E-state index in [0.717, 1.165) is 37.6 Å². The second-order valence-electron chi connectivity index (χ2n) is 4.43. The van der Waals surface area contributed by atoms with Gasteiger partial charge in [0.05, 0.1) is 6.54 Å². The van der Waals surface area contributed by atoms with E-state index in [2.05, 4.69) is 40.7 Å². The first-order chi connectivity index (χ1) is 9.65. The van der Waals surface area contributed by atoms with Crippen LogP contribution in [0.4, 0.5) is 0 Å². The summed E-state index contributed by atoms with van der Waals surface area (Å²) >= 11 is 7.59. The molecule has 0 saturated carbocycles. The number of hydrogen-bond acceptors (Lipinski definition) is 3. The van der Waals surface area contributed by atoms with Crippen molar-refractivity contribution in [3.8, 4) is 0 Å². The Balaban J connectivity index is 0.00000400. The summed E-state index contributed by atoms with van der Waals surface area (Å²) < 4.78 is 0. The van der Waals surface area contributed by atoms with Crippen LogP contribution >= 0.6 is 47.3 Å². The molecule has 0 aliphatic carbocycles. The monoisotopic (exact) mass is 442 g/mol. The van der Waals surface area contributed by atoms with Crippen LogP contribution in [-0.2, 0) is 6.42 Å². The zero-order valence-corrected chi connectivity index (χ0v) is 16.6. The van der Waals surface area contributed by atoms with Crippen molar-refractivity contribution < 1.29 is 0 Å². The van der Waals surface area contributed by atoms with Crippen molar-refractivity contribution in [1.82, 2.24) is 15.6 Å². The maximum atomic E-state index is 5.76. The average molecular weight is 443 g/mol. The minimum absolute atomic E-state index is 0. The number of thioether (sulfide) groups is 1. The predicted octanol–water partition coefficient (Wildman–Crippen LogP) is 3.20. The molecule has 0 fully saturated rings. The maximum Gasteiger partial charge on any atom is 0.191 e. The van der Waals surface area contributed by atoms with Crippen molar-refractivity contribution in [2.24, 2.45) is 4.99 Å². The Kier molecular flexibility index (Phi) is 12.2. The van der Waals surface area contributed by atoms with Gasteiger partial charge in [-0.25, -0.2) is 4.98 Å². The molecule has 7 heteroatoms. The maximum absolute atomic E-state index is 5.76. The van der Waals surface area contributed by atoms with Crippen LogP contribution in [0.25, 0.3) is 0 Å². The van der Waals surface area contributed by atoms with Crippen LogP contribution in [-0.4, -0.2) is 42.1 Å². The van der Waals surface area contributed by atoms with Crippen LogP contribution in [0.1, 0.15) is 19.4 Å². The van der Waals surface area contributed by atoms with Gasteiger partial charge in [-0.3, -0.25) is 4.99 Å². The van der Waals surface area contributed by atoms with Gasteiger partial charge in [0.2, 0.25) is 0 Å². The number of pyridine rings is 1. The first-order valence-electron chi connectivity index (χ1n) is 6.81. The third kappa shape index (κ3) is 9.42.